The van der Waals surface area contributed by atoms with E-state index in [-0.39, 0.29) is 36.6 Å². The van der Waals surface area contributed by atoms with Crippen molar-refractivity contribution in [3.63, 3.8) is 0 Å². The summed E-state index contributed by atoms with van der Waals surface area (Å²) in [6.45, 7) is 1.79. The number of rotatable bonds is 5. The molecule has 0 saturated carbocycles. The quantitative estimate of drug-likeness (QED) is 0.620. The fourth-order valence-electron chi connectivity index (χ4n) is 3.73. The lowest BCUT2D eigenvalue weighted by atomic mass is 9.99. The maximum absolute atomic E-state index is 12.7. The van der Waals surface area contributed by atoms with Gasteiger partial charge in [-0.1, -0.05) is 61.0 Å². The summed E-state index contributed by atoms with van der Waals surface area (Å²) in [5.74, 6) is -0.713. The number of nitrogens with one attached hydrogen (secondary N) is 1. The highest BCUT2D eigenvalue weighted by molar-refractivity contribution is 6.30. The van der Waals surface area contributed by atoms with Gasteiger partial charge in [-0.2, -0.15) is 5.10 Å². The smallest absolute Gasteiger partial charge is 0.331 e. The van der Waals surface area contributed by atoms with Crippen LogP contribution in [0.25, 0.3) is 0 Å². The molecule has 2 N–H and O–H groups in total. The third-order valence-electron chi connectivity index (χ3n) is 5.37. The number of aromatic hydroxyl groups is 1. The third kappa shape index (κ3) is 4.09. The minimum absolute atomic E-state index is 0.0702. The van der Waals surface area contributed by atoms with Crippen LogP contribution in [0.15, 0.2) is 69.3 Å². The van der Waals surface area contributed by atoms with Gasteiger partial charge in [0.05, 0.1) is 18.3 Å². The molecule has 1 aromatic heterocycles. The van der Waals surface area contributed by atoms with Crippen molar-refractivity contribution in [2.45, 2.75) is 32.4 Å². The van der Waals surface area contributed by atoms with E-state index in [9.17, 15) is 19.5 Å². The van der Waals surface area contributed by atoms with Crippen LogP contribution in [-0.2, 0) is 11.3 Å². The molecule has 1 aliphatic rings. The topological polar surface area (TPSA) is 108 Å². The maximum atomic E-state index is 12.7. The van der Waals surface area contributed by atoms with Crippen LogP contribution in [0.4, 0.5) is 0 Å². The molecular weight excluding hydrogens is 432 g/mol. The van der Waals surface area contributed by atoms with E-state index >= 15 is 0 Å². The zero-order chi connectivity index (χ0) is 22.8. The van der Waals surface area contributed by atoms with E-state index in [1.165, 1.54) is 5.01 Å². The first kappa shape index (κ1) is 21.6. The van der Waals surface area contributed by atoms with Crippen molar-refractivity contribution in [1.82, 2.24) is 14.6 Å². The number of hydrazone groups is 1. The van der Waals surface area contributed by atoms with E-state index in [1.807, 2.05) is 30.3 Å². The molecule has 8 nitrogen and oxygen atoms in total. The van der Waals surface area contributed by atoms with Crippen LogP contribution in [0.2, 0.25) is 5.02 Å². The minimum Gasteiger partial charge on any atom is -0.494 e. The monoisotopic (exact) mass is 452 g/mol. The summed E-state index contributed by atoms with van der Waals surface area (Å²) in [4.78, 5) is 39.9. The van der Waals surface area contributed by atoms with Crippen molar-refractivity contribution in [2.75, 3.05) is 0 Å². The van der Waals surface area contributed by atoms with E-state index in [0.717, 1.165) is 15.7 Å². The molecular formula is C23H21ClN4O4. The Balaban J connectivity index is 1.77. The Morgan fingerprint density at radius 3 is 2.50 bits per heavy atom. The Bertz CT molecular complexity index is 1300. The highest BCUT2D eigenvalue weighted by Gasteiger charge is 2.35. The number of hydrogen-bond acceptors (Lipinski definition) is 5. The molecule has 2 aromatic carbocycles. The van der Waals surface area contributed by atoms with Crippen LogP contribution in [0, 0.1) is 0 Å². The molecule has 0 radical (unpaired) electrons. The van der Waals surface area contributed by atoms with Crippen LogP contribution >= 0.6 is 11.6 Å². The molecule has 0 spiro atoms. The molecule has 9 heteroatoms. The van der Waals surface area contributed by atoms with Gasteiger partial charge in [-0.15, -0.1) is 0 Å². The van der Waals surface area contributed by atoms with E-state index in [0.29, 0.717) is 5.02 Å². The highest BCUT2D eigenvalue weighted by atomic mass is 35.5. The molecule has 2 heterocycles. The summed E-state index contributed by atoms with van der Waals surface area (Å²) in [5.41, 5.74) is 0.199. The summed E-state index contributed by atoms with van der Waals surface area (Å²) in [5, 5.41) is 17.2. The molecule has 1 amide bonds. The van der Waals surface area contributed by atoms with Gasteiger partial charge in [-0.3, -0.25) is 19.1 Å². The fourth-order valence-corrected chi connectivity index (χ4v) is 3.86. The third-order valence-corrected chi connectivity index (χ3v) is 5.62. The average Bonchev–Trinajstić information content (AvgIpc) is 3.22. The van der Waals surface area contributed by atoms with Crippen molar-refractivity contribution in [3.05, 3.63) is 97.1 Å². The van der Waals surface area contributed by atoms with Gasteiger partial charge in [0.25, 0.3) is 5.56 Å². The number of nitrogens with zero attached hydrogens (tertiary/aromatic N) is 3. The van der Waals surface area contributed by atoms with Crippen molar-refractivity contribution in [3.8, 4) is 5.88 Å². The Morgan fingerprint density at radius 1 is 1.16 bits per heavy atom. The molecule has 4 rings (SSSR count). The largest absolute Gasteiger partial charge is 0.494 e. The van der Waals surface area contributed by atoms with E-state index < -0.39 is 23.2 Å². The number of halogens is 1. The van der Waals surface area contributed by atoms with Crippen molar-refractivity contribution >= 4 is 23.2 Å². The Hall–Kier alpha value is -3.65. The van der Waals surface area contributed by atoms with Gasteiger partial charge in [0, 0.05) is 17.9 Å². The summed E-state index contributed by atoms with van der Waals surface area (Å²) >= 11 is 5.99. The number of H-pyrrole nitrogens is 1. The molecule has 1 unspecified atom stereocenters. The summed E-state index contributed by atoms with van der Waals surface area (Å²) in [7, 11) is 0. The van der Waals surface area contributed by atoms with Crippen LogP contribution in [0.5, 0.6) is 5.88 Å². The van der Waals surface area contributed by atoms with Gasteiger partial charge in [0.1, 0.15) is 5.56 Å². The summed E-state index contributed by atoms with van der Waals surface area (Å²) < 4.78 is 1.08. The molecule has 0 aliphatic carbocycles. The number of carbonyl (C=O) groups excluding carboxylic acids is 1. The molecule has 3 aromatic rings. The number of aromatic amines is 1. The highest BCUT2D eigenvalue weighted by Crippen LogP contribution is 2.34. The van der Waals surface area contributed by atoms with Gasteiger partial charge >= 0.3 is 5.69 Å². The maximum Gasteiger partial charge on any atom is 0.331 e. The lowest BCUT2D eigenvalue weighted by Crippen LogP contribution is -2.34. The SMILES string of the molecule is CCC(=O)N1N=C(c2c(O)n(Cc3ccccc3)c(=O)[nH]c2=O)CC1c1ccc(Cl)cc1. The predicted octanol–water partition coefficient (Wildman–Crippen LogP) is 3.03. The number of benzene rings is 2. The first-order valence-electron chi connectivity index (χ1n) is 10.1. The first-order chi connectivity index (χ1) is 15.4. The Morgan fingerprint density at radius 2 is 1.84 bits per heavy atom. The summed E-state index contributed by atoms with van der Waals surface area (Å²) in [6, 6.07) is 15.7. The van der Waals surface area contributed by atoms with Crippen LogP contribution < -0.4 is 11.2 Å². The van der Waals surface area contributed by atoms with Crippen LogP contribution in [-0.4, -0.2) is 31.3 Å². The second-order valence-electron chi connectivity index (χ2n) is 7.44. The van der Waals surface area contributed by atoms with Gasteiger partial charge in [-0.05, 0) is 23.3 Å². The van der Waals surface area contributed by atoms with Crippen molar-refractivity contribution in [1.29, 1.82) is 0 Å². The molecule has 0 bridgehead atoms. The van der Waals surface area contributed by atoms with E-state index in [4.69, 9.17) is 11.6 Å². The number of carbonyl (C=O) groups is 1. The van der Waals surface area contributed by atoms with E-state index in [2.05, 4.69) is 10.1 Å². The number of aromatic nitrogens is 2. The summed E-state index contributed by atoms with van der Waals surface area (Å²) in [6.07, 6.45) is 0.421. The molecule has 1 aliphatic heterocycles. The Labute approximate surface area is 188 Å². The minimum atomic E-state index is -0.754. The average molecular weight is 453 g/mol. The van der Waals surface area contributed by atoms with Crippen LogP contribution in [0.1, 0.15) is 42.5 Å². The lowest BCUT2D eigenvalue weighted by Gasteiger charge is -2.21. The number of hydrogen-bond donors (Lipinski definition) is 2. The molecule has 0 fully saturated rings. The van der Waals surface area contributed by atoms with Gasteiger partial charge < -0.3 is 5.11 Å². The first-order valence-corrected chi connectivity index (χ1v) is 10.5. The number of amides is 1. The van der Waals surface area contributed by atoms with Gasteiger partial charge in [-0.25, -0.2) is 9.80 Å². The second kappa shape index (κ2) is 8.84. The molecule has 32 heavy (non-hydrogen) atoms. The van der Waals surface area contributed by atoms with Crippen molar-refractivity contribution < 1.29 is 9.90 Å². The zero-order valence-electron chi connectivity index (χ0n) is 17.3. The molecule has 164 valence electrons. The van der Waals surface area contributed by atoms with Gasteiger partial charge in [0.15, 0.2) is 0 Å². The van der Waals surface area contributed by atoms with E-state index in [1.54, 1.807) is 31.2 Å². The standard InChI is InChI=1S/C23H21ClN4O4/c1-2-19(29)28-18(15-8-10-16(24)11-9-15)12-17(26-28)20-21(30)25-23(32)27(22(20)31)13-14-6-4-3-5-7-14/h3-11,18,31H,2,12-13H2,1H3,(H,25,30,32). The van der Waals surface area contributed by atoms with Gasteiger partial charge in [0.2, 0.25) is 11.8 Å². The molecule has 1 atom stereocenters. The second-order valence-corrected chi connectivity index (χ2v) is 7.88. The van der Waals surface area contributed by atoms with Crippen molar-refractivity contribution in [2.24, 2.45) is 5.10 Å². The lowest BCUT2D eigenvalue weighted by molar-refractivity contribution is -0.132. The van der Waals surface area contributed by atoms with Crippen LogP contribution in [0.3, 0.4) is 0 Å². The fraction of sp³-hybridized carbons (Fsp3) is 0.217. The zero-order valence-corrected chi connectivity index (χ0v) is 18.0. The molecule has 0 saturated heterocycles. The normalized spacial score (nSPS) is 15.6. The Kier molecular flexibility index (Phi) is 5.96. The predicted molar refractivity (Wildman–Crippen MR) is 121 cm³/mol.